The zero-order valence-corrected chi connectivity index (χ0v) is 9.01. The highest BCUT2D eigenvalue weighted by Crippen LogP contribution is 2.06. The molecule has 8 heavy (non-hydrogen) atoms. The van der Waals surface area contributed by atoms with Gasteiger partial charge in [-0.05, 0) is 21.1 Å². The summed E-state index contributed by atoms with van der Waals surface area (Å²) in [6.45, 7) is 0. The number of nitrogens with zero attached hydrogens (tertiary/aromatic N) is 1. The summed E-state index contributed by atoms with van der Waals surface area (Å²) < 4.78 is 9.39. The highest BCUT2D eigenvalue weighted by atomic mass is 79.9. The van der Waals surface area contributed by atoms with Gasteiger partial charge in [-0.25, -0.2) is 0 Å². The highest BCUT2D eigenvalue weighted by molar-refractivity contribution is 9.79. The molecule has 0 aromatic rings. The minimum absolute atomic E-state index is 0.986. The van der Waals surface area contributed by atoms with Gasteiger partial charge in [-0.15, -0.1) is 0 Å². The standard InChI is InChI=1S/C3H9N.Br2OS/c2*1-4(2)3/h1-3H3;. The van der Waals surface area contributed by atoms with E-state index in [2.05, 4.69) is 29.6 Å². The normalized spacial score (nSPS) is 9.00. The third kappa shape index (κ3) is 185. The molecule has 0 bridgehead atoms. The van der Waals surface area contributed by atoms with E-state index in [1.807, 2.05) is 26.0 Å². The van der Waals surface area contributed by atoms with Crippen LogP contribution in [0.25, 0.3) is 0 Å². The van der Waals surface area contributed by atoms with E-state index in [0.717, 1.165) is 0 Å². The van der Waals surface area contributed by atoms with Crippen molar-refractivity contribution in [3.8, 4) is 0 Å². The van der Waals surface area contributed by atoms with E-state index >= 15 is 0 Å². The SMILES string of the molecule is CN(C)C.[O-][S+](Br)Br. The predicted molar refractivity (Wildman–Crippen MR) is 45.6 cm³/mol. The Labute approximate surface area is 68.2 Å². The van der Waals surface area contributed by atoms with Crippen LogP contribution in [0, 0.1) is 0 Å². The molecule has 0 amide bonds. The van der Waals surface area contributed by atoms with Gasteiger partial charge in [0.1, 0.15) is 8.04 Å². The maximum atomic E-state index is 9.39. The van der Waals surface area contributed by atoms with E-state index in [-0.39, 0.29) is 0 Å². The molecule has 2 nitrogen and oxygen atoms in total. The summed E-state index contributed by atoms with van der Waals surface area (Å²) in [5.41, 5.74) is 0. The molecule has 0 unspecified atom stereocenters. The highest BCUT2D eigenvalue weighted by Gasteiger charge is 1.81. The van der Waals surface area contributed by atoms with Gasteiger partial charge in [0.2, 0.25) is 29.6 Å². The Kier molecular flexibility index (Phi) is 12.3. The fourth-order valence-electron chi connectivity index (χ4n) is 0. The van der Waals surface area contributed by atoms with Crippen molar-refractivity contribution in [2.75, 3.05) is 21.1 Å². The van der Waals surface area contributed by atoms with Crippen molar-refractivity contribution in [3.05, 3.63) is 0 Å². The molecule has 52 valence electrons. The van der Waals surface area contributed by atoms with Crippen LogP contribution >= 0.6 is 29.6 Å². The van der Waals surface area contributed by atoms with Crippen LogP contribution in [0.4, 0.5) is 0 Å². The fraction of sp³-hybridized carbons (Fsp3) is 1.00. The molecule has 0 saturated carbocycles. The molecule has 0 N–H and O–H groups in total. The first-order valence-electron chi connectivity index (χ1n) is 1.82. The molecular formula is C3H9Br2NOS. The molecule has 0 heterocycles. The minimum Gasteiger partial charge on any atom is -0.596 e. The Bertz CT molecular complexity index is 32.8. The molecule has 0 radical (unpaired) electrons. The number of rotatable bonds is 0. The number of hydrogen-bond donors (Lipinski definition) is 0. The van der Waals surface area contributed by atoms with Crippen molar-refractivity contribution >= 4 is 37.7 Å². The quantitative estimate of drug-likeness (QED) is 0.622. The lowest BCUT2D eigenvalue weighted by atomic mass is 11.0. The fourth-order valence-corrected chi connectivity index (χ4v) is 0. The van der Waals surface area contributed by atoms with Gasteiger partial charge in [0.05, 0.1) is 0 Å². The van der Waals surface area contributed by atoms with Crippen molar-refractivity contribution in [1.29, 1.82) is 0 Å². The average molecular weight is 267 g/mol. The van der Waals surface area contributed by atoms with Crippen molar-refractivity contribution < 1.29 is 4.55 Å². The predicted octanol–water partition coefficient (Wildman–Crippen LogP) is 1.53. The van der Waals surface area contributed by atoms with E-state index in [1.165, 1.54) is 0 Å². The molecule has 0 aliphatic carbocycles. The van der Waals surface area contributed by atoms with Gasteiger partial charge in [-0.3, -0.25) is 0 Å². The molecule has 0 rings (SSSR count). The summed E-state index contributed by atoms with van der Waals surface area (Å²) in [6, 6.07) is 0. The van der Waals surface area contributed by atoms with E-state index in [0.29, 0.717) is 0 Å². The number of halogens is 2. The van der Waals surface area contributed by atoms with Crippen LogP contribution in [-0.2, 0) is 8.04 Å². The van der Waals surface area contributed by atoms with Gasteiger partial charge in [-0.1, -0.05) is 0 Å². The van der Waals surface area contributed by atoms with Crippen molar-refractivity contribution in [2.45, 2.75) is 0 Å². The van der Waals surface area contributed by atoms with E-state index < -0.39 is 8.04 Å². The first-order valence-corrected chi connectivity index (χ1v) is 6.65. The van der Waals surface area contributed by atoms with Crippen LogP contribution in [0.3, 0.4) is 0 Å². The lowest BCUT2D eigenvalue weighted by Crippen LogP contribution is -1.99. The Morgan fingerprint density at radius 2 is 1.25 bits per heavy atom. The molecule has 5 heteroatoms. The molecular weight excluding hydrogens is 258 g/mol. The van der Waals surface area contributed by atoms with Gasteiger partial charge >= 0.3 is 0 Å². The first kappa shape index (κ1) is 12.0. The van der Waals surface area contributed by atoms with Crippen LogP contribution in [0.2, 0.25) is 0 Å². The summed E-state index contributed by atoms with van der Waals surface area (Å²) in [4.78, 5) is 2.00. The molecule has 0 atom stereocenters. The summed E-state index contributed by atoms with van der Waals surface area (Å²) in [5, 5.41) is 0. The molecule has 0 fully saturated rings. The van der Waals surface area contributed by atoms with Gasteiger partial charge in [0.25, 0.3) is 0 Å². The van der Waals surface area contributed by atoms with Crippen molar-refractivity contribution in [1.82, 2.24) is 4.90 Å². The average Bonchev–Trinajstić information content (AvgIpc) is 1.25. The Morgan fingerprint density at radius 3 is 1.25 bits per heavy atom. The summed E-state index contributed by atoms with van der Waals surface area (Å²) >= 11 is 5.32. The molecule has 0 aliphatic rings. The van der Waals surface area contributed by atoms with E-state index in [1.54, 1.807) is 0 Å². The van der Waals surface area contributed by atoms with E-state index in [4.69, 9.17) is 0 Å². The van der Waals surface area contributed by atoms with Gasteiger partial charge in [0.15, 0.2) is 0 Å². The van der Waals surface area contributed by atoms with Crippen LogP contribution in [0.1, 0.15) is 0 Å². The zero-order valence-electron chi connectivity index (χ0n) is 5.02. The lowest BCUT2D eigenvalue weighted by Gasteiger charge is -1.90. The maximum absolute atomic E-state index is 9.39. The molecule has 0 aromatic carbocycles. The Hall–Kier alpha value is 1.23. The second kappa shape index (κ2) is 8.23. The number of hydrogen-bond acceptors (Lipinski definition) is 2. The minimum atomic E-state index is -0.986. The smallest absolute Gasteiger partial charge is 0.244 e. The van der Waals surface area contributed by atoms with Crippen molar-refractivity contribution in [2.24, 2.45) is 0 Å². The monoisotopic (exact) mass is 265 g/mol. The van der Waals surface area contributed by atoms with Crippen LogP contribution < -0.4 is 0 Å². The third-order valence-electron chi connectivity index (χ3n) is 0. The first-order chi connectivity index (χ1) is 3.46. The molecule has 0 saturated heterocycles. The van der Waals surface area contributed by atoms with Gasteiger partial charge < -0.3 is 9.45 Å². The third-order valence-corrected chi connectivity index (χ3v) is 0. The van der Waals surface area contributed by atoms with Crippen molar-refractivity contribution in [3.63, 3.8) is 0 Å². The second-order valence-electron chi connectivity index (χ2n) is 1.53. The molecule has 0 aromatic heterocycles. The molecule has 0 aliphatic heterocycles. The largest absolute Gasteiger partial charge is 0.596 e. The maximum Gasteiger partial charge on any atom is 0.244 e. The zero-order chi connectivity index (χ0) is 7.15. The Morgan fingerprint density at radius 1 is 1.25 bits per heavy atom. The van der Waals surface area contributed by atoms with Crippen LogP contribution in [-0.4, -0.2) is 30.6 Å². The lowest BCUT2D eigenvalue weighted by molar-refractivity contribution is 0.505. The Balaban J connectivity index is 0. The topological polar surface area (TPSA) is 26.3 Å². The van der Waals surface area contributed by atoms with Crippen LogP contribution in [0.15, 0.2) is 0 Å². The summed E-state index contributed by atoms with van der Waals surface area (Å²) in [5.74, 6) is 0. The second-order valence-corrected chi connectivity index (χ2v) is 8.03. The van der Waals surface area contributed by atoms with E-state index in [9.17, 15) is 4.55 Å². The van der Waals surface area contributed by atoms with Gasteiger partial charge in [-0.2, -0.15) is 0 Å². The molecule has 0 spiro atoms. The van der Waals surface area contributed by atoms with Gasteiger partial charge in [0, 0.05) is 0 Å². The summed E-state index contributed by atoms with van der Waals surface area (Å²) in [6.07, 6.45) is 0. The summed E-state index contributed by atoms with van der Waals surface area (Å²) in [7, 11) is 5.01. The van der Waals surface area contributed by atoms with Crippen LogP contribution in [0.5, 0.6) is 0 Å².